The van der Waals surface area contributed by atoms with Gasteiger partial charge in [-0.3, -0.25) is 4.98 Å². The third kappa shape index (κ3) is 1.35. The van der Waals surface area contributed by atoms with Crippen molar-refractivity contribution in [2.24, 2.45) is 7.05 Å². The summed E-state index contributed by atoms with van der Waals surface area (Å²) in [6.45, 7) is 2.19. The Morgan fingerprint density at radius 1 is 1.47 bits per heavy atom. The van der Waals surface area contributed by atoms with Crippen molar-refractivity contribution in [3.05, 3.63) is 30.2 Å². The Labute approximate surface area is 89.1 Å². The summed E-state index contributed by atoms with van der Waals surface area (Å²) in [6, 6.07) is 4.26. The second kappa shape index (κ2) is 3.35. The van der Waals surface area contributed by atoms with Gasteiger partial charge in [-0.1, -0.05) is 0 Å². The van der Waals surface area contributed by atoms with Crippen LogP contribution in [0.4, 0.5) is 0 Å². The van der Waals surface area contributed by atoms with Crippen molar-refractivity contribution in [1.29, 1.82) is 0 Å². The Bertz CT molecular complexity index is 481. The molecule has 15 heavy (non-hydrogen) atoms. The molecule has 2 aromatic rings. The number of nitrogens with zero attached hydrogens (tertiary/aromatic N) is 2. The van der Waals surface area contributed by atoms with E-state index in [4.69, 9.17) is 0 Å². The van der Waals surface area contributed by atoms with E-state index >= 15 is 0 Å². The number of aromatic nitrogens is 2. The minimum absolute atomic E-state index is 0.594. The topological polar surface area (TPSA) is 29.9 Å². The molecule has 78 valence electrons. The van der Waals surface area contributed by atoms with Crippen LogP contribution in [0.15, 0.2) is 24.5 Å². The number of hydrogen-bond donors (Lipinski definition) is 1. The number of pyridine rings is 1. The third-order valence-electron chi connectivity index (χ3n) is 3.29. The maximum atomic E-state index is 4.55. The van der Waals surface area contributed by atoms with Gasteiger partial charge in [-0.25, -0.2) is 0 Å². The van der Waals surface area contributed by atoms with E-state index in [-0.39, 0.29) is 0 Å². The standard InChI is InChI=1S/C12H15N3/c1-15-7-4-10-11(15)3-6-14-12(10)9-2-5-13-8-9/h3-4,6-7,9,13H,2,5,8H2,1H3. The van der Waals surface area contributed by atoms with Crippen LogP contribution in [-0.4, -0.2) is 22.6 Å². The van der Waals surface area contributed by atoms with E-state index in [2.05, 4.69) is 40.2 Å². The van der Waals surface area contributed by atoms with Gasteiger partial charge in [-0.05, 0) is 25.1 Å². The summed E-state index contributed by atoms with van der Waals surface area (Å²) in [5.41, 5.74) is 2.55. The molecule has 3 nitrogen and oxygen atoms in total. The molecule has 0 radical (unpaired) electrons. The van der Waals surface area contributed by atoms with E-state index in [1.54, 1.807) is 0 Å². The van der Waals surface area contributed by atoms with E-state index < -0.39 is 0 Å². The normalized spacial score (nSPS) is 21.3. The minimum Gasteiger partial charge on any atom is -0.350 e. The Balaban J connectivity index is 2.17. The minimum atomic E-state index is 0.594. The van der Waals surface area contributed by atoms with Gasteiger partial charge in [0.05, 0.1) is 11.2 Å². The lowest BCUT2D eigenvalue weighted by molar-refractivity contribution is 0.743. The van der Waals surface area contributed by atoms with E-state index in [1.165, 1.54) is 23.0 Å². The first-order chi connectivity index (χ1) is 7.36. The molecule has 0 aromatic carbocycles. The van der Waals surface area contributed by atoms with Crippen molar-refractivity contribution in [3.63, 3.8) is 0 Å². The number of hydrogen-bond acceptors (Lipinski definition) is 2. The molecular weight excluding hydrogens is 186 g/mol. The highest BCUT2D eigenvalue weighted by Gasteiger charge is 2.20. The molecule has 3 heteroatoms. The highest BCUT2D eigenvalue weighted by atomic mass is 14.9. The van der Waals surface area contributed by atoms with Crippen LogP contribution in [0.3, 0.4) is 0 Å². The first-order valence-electron chi connectivity index (χ1n) is 5.47. The number of nitrogens with one attached hydrogen (secondary N) is 1. The van der Waals surface area contributed by atoms with Crippen LogP contribution >= 0.6 is 0 Å². The molecule has 3 rings (SSSR count). The van der Waals surface area contributed by atoms with Gasteiger partial charge in [0, 0.05) is 37.3 Å². The SMILES string of the molecule is Cn1ccc2c(C3CCNC3)nccc21. The van der Waals surface area contributed by atoms with Gasteiger partial charge in [0.1, 0.15) is 0 Å². The summed E-state index contributed by atoms with van der Waals surface area (Å²) in [5.74, 6) is 0.594. The van der Waals surface area contributed by atoms with Crippen LogP contribution in [0.1, 0.15) is 18.0 Å². The molecule has 1 fully saturated rings. The maximum absolute atomic E-state index is 4.55. The van der Waals surface area contributed by atoms with E-state index in [0.717, 1.165) is 13.1 Å². The molecule has 2 aromatic heterocycles. The van der Waals surface area contributed by atoms with Gasteiger partial charge in [0.25, 0.3) is 0 Å². The van der Waals surface area contributed by atoms with Crippen LogP contribution in [0.25, 0.3) is 10.9 Å². The van der Waals surface area contributed by atoms with Gasteiger partial charge < -0.3 is 9.88 Å². The molecule has 1 N–H and O–H groups in total. The van der Waals surface area contributed by atoms with Gasteiger partial charge in [-0.2, -0.15) is 0 Å². The molecule has 0 aliphatic carbocycles. The Kier molecular flexibility index (Phi) is 1.99. The van der Waals surface area contributed by atoms with Gasteiger partial charge in [-0.15, -0.1) is 0 Å². The predicted octanol–water partition coefficient (Wildman–Crippen LogP) is 1.65. The fourth-order valence-corrected chi connectivity index (χ4v) is 2.44. The highest BCUT2D eigenvalue weighted by Crippen LogP contribution is 2.27. The van der Waals surface area contributed by atoms with Crippen LogP contribution in [0, 0.1) is 0 Å². The van der Waals surface area contributed by atoms with Crippen molar-refractivity contribution in [2.45, 2.75) is 12.3 Å². The summed E-state index contributed by atoms with van der Waals surface area (Å²) >= 11 is 0. The summed E-state index contributed by atoms with van der Waals surface area (Å²) < 4.78 is 2.16. The lowest BCUT2D eigenvalue weighted by Crippen LogP contribution is -2.09. The summed E-state index contributed by atoms with van der Waals surface area (Å²) in [6.07, 6.45) is 5.25. The monoisotopic (exact) mass is 201 g/mol. The number of aryl methyl sites for hydroxylation is 1. The van der Waals surface area contributed by atoms with Crippen LogP contribution in [-0.2, 0) is 7.05 Å². The first-order valence-corrected chi connectivity index (χ1v) is 5.47. The molecule has 0 spiro atoms. The molecule has 0 amide bonds. The second-order valence-corrected chi connectivity index (χ2v) is 4.25. The van der Waals surface area contributed by atoms with Crippen molar-refractivity contribution < 1.29 is 0 Å². The summed E-state index contributed by atoms with van der Waals surface area (Å²) in [4.78, 5) is 4.55. The molecule has 0 bridgehead atoms. The van der Waals surface area contributed by atoms with Gasteiger partial charge in [0.15, 0.2) is 0 Å². The fourth-order valence-electron chi connectivity index (χ4n) is 2.44. The fraction of sp³-hybridized carbons (Fsp3) is 0.417. The second-order valence-electron chi connectivity index (χ2n) is 4.25. The quantitative estimate of drug-likeness (QED) is 0.760. The zero-order valence-electron chi connectivity index (χ0n) is 8.90. The van der Waals surface area contributed by atoms with Gasteiger partial charge in [0.2, 0.25) is 0 Å². The van der Waals surface area contributed by atoms with Crippen molar-refractivity contribution in [3.8, 4) is 0 Å². The third-order valence-corrected chi connectivity index (χ3v) is 3.29. The molecule has 0 saturated carbocycles. The maximum Gasteiger partial charge on any atom is 0.0541 e. The lowest BCUT2D eigenvalue weighted by atomic mass is 10.0. The summed E-state index contributed by atoms with van der Waals surface area (Å²) in [7, 11) is 2.08. The molecule has 3 heterocycles. The zero-order valence-corrected chi connectivity index (χ0v) is 8.90. The van der Waals surface area contributed by atoms with Crippen LogP contribution in [0.2, 0.25) is 0 Å². The lowest BCUT2D eigenvalue weighted by Gasteiger charge is -2.09. The van der Waals surface area contributed by atoms with E-state index in [1.807, 2.05) is 6.20 Å². The molecule has 1 aliphatic heterocycles. The average Bonchev–Trinajstić information content (AvgIpc) is 2.88. The van der Waals surface area contributed by atoms with Gasteiger partial charge >= 0.3 is 0 Å². The van der Waals surface area contributed by atoms with Crippen molar-refractivity contribution >= 4 is 10.9 Å². The van der Waals surface area contributed by atoms with Crippen molar-refractivity contribution in [1.82, 2.24) is 14.9 Å². The number of fused-ring (bicyclic) bond motifs is 1. The number of rotatable bonds is 1. The highest BCUT2D eigenvalue weighted by molar-refractivity contribution is 5.82. The Hall–Kier alpha value is -1.35. The Morgan fingerprint density at radius 2 is 2.40 bits per heavy atom. The molecular formula is C12H15N3. The molecule has 1 unspecified atom stereocenters. The molecule has 1 saturated heterocycles. The molecule has 1 aliphatic rings. The Morgan fingerprint density at radius 3 is 3.20 bits per heavy atom. The predicted molar refractivity (Wildman–Crippen MR) is 60.9 cm³/mol. The largest absolute Gasteiger partial charge is 0.350 e. The smallest absolute Gasteiger partial charge is 0.0541 e. The van der Waals surface area contributed by atoms with E-state index in [0.29, 0.717) is 5.92 Å². The van der Waals surface area contributed by atoms with Crippen LogP contribution in [0.5, 0.6) is 0 Å². The summed E-state index contributed by atoms with van der Waals surface area (Å²) in [5, 5.41) is 4.71. The average molecular weight is 201 g/mol. The zero-order chi connectivity index (χ0) is 10.3. The van der Waals surface area contributed by atoms with Crippen molar-refractivity contribution in [2.75, 3.05) is 13.1 Å². The molecule has 1 atom stereocenters. The first kappa shape index (κ1) is 8.92. The van der Waals surface area contributed by atoms with Crippen LogP contribution < -0.4 is 5.32 Å². The van der Waals surface area contributed by atoms with E-state index in [9.17, 15) is 0 Å².